The van der Waals surface area contributed by atoms with Crippen LogP contribution in [0.4, 0.5) is 13.2 Å². The summed E-state index contributed by atoms with van der Waals surface area (Å²) in [4.78, 5) is 0. The molecule has 24 heavy (non-hydrogen) atoms. The highest BCUT2D eigenvalue weighted by Gasteiger charge is 2.31. The lowest BCUT2D eigenvalue weighted by molar-refractivity contribution is -0.137. The van der Waals surface area contributed by atoms with E-state index < -0.39 is 19.8 Å². The van der Waals surface area contributed by atoms with Crippen LogP contribution in [0.25, 0.3) is 0 Å². The molecule has 0 saturated heterocycles. The number of rotatable bonds is 4. The number of hydrogen-bond donors (Lipinski definition) is 0. The third kappa shape index (κ3) is 4.25. The Morgan fingerprint density at radius 3 is 2.25 bits per heavy atom. The topological polar surface area (TPSA) is 35.5 Å². The van der Waals surface area contributed by atoms with Crippen molar-refractivity contribution in [3.8, 4) is 11.5 Å². The average molecular weight is 399 g/mol. The van der Waals surface area contributed by atoms with Gasteiger partial charge in [0.15, 0.2) is 0 Å². The summed E-state index contributed by atoms with van der Waals surface area (Å²) < 4.78 is 60.2. The normalized spacial score (nSPS) is 13.0. The number of hydrogen-bond acceptors (Lipinski definition) is 3. The van der Waals surface area contributed by atoms with E-state index in [1.807, 2.05) is 0 Å². The van der Waals surface area contributed by atoms with E-state index in [4.69, 9.17) is 32.5 Å². The van der Waals surface area contributed by atoms with Crippen molar-refractivity contribution in [2.75, 3.05) is 7.11 Å². The molecule has 0 aliphatic carbocycles. The zero-order valence-corrected chi connectivity index (χ0v) is 15.0. The summed E-state index contributed by atoms with van der Waals surface area (Å²) in [5.41, 5.74) is -0.275. The van der Waals surface area contributed by atoms with E-state index >= 15 is 0 Å². The first-order chi connectivity index (χ1) is 11.1. The largest absolute Gasteiger partial charge is 0.456 e. The van der Waals surface area contributed by atoms with Gasteiger partial charge in [0.05, 0.1) is 20.9 Å². The maximum Gasteiger partial charge on any atom is 0.416 e. The molecule has 3 nitrogen and oxygen atoms in total. The Labute approximate surface area is 147 Å². The molecule has 0 amide bonds. The molecule has 0 aromatic heterocycles. The van der Waals surface area contributed by atoms with Crippen LogP contribution in [0.2, 0.25) is 10.0 Å². The van der Waals surface area contributed by atoms with Gasteiger partial charge in [-0.05, 0) is 42.8 Å². The second-order valence-electron chi connectivity index (χ2n) is 4.83. The van der Waals surface area contributed by atoms with E-state index in [1.54, 1.807) is 6.92 Å². The predicted molar refractivity (Wildman–Crippen MR) is 88.4 cm³/mol. The Bertz CT molecular complexity index is 794. The van der Waals surface area contributed by atoms with Crippen LogP contribution < -0.4 is 10.0 Å². The van der Waals surface area contributed by atoms with Crippen molar-refractivity contribution >= 4 is 36.5 Å². The molecule has 0 fully saturated rings. The smallest absolute Gasteiger partial charge is 0.416 e. The van der Waals surface area contributed by atoms with E-state index in [2.05, 4.69) is 0 Å². The highest BCUT2D eigenvalue weighted by Crippen LogP contribution is 2.38. The van der Waals surface area contributed by atoms with Gasteiger partial charge in [0.25, 0.3) is 0 Å². The third-order valence-corrected chi connectivity index (χ3v) is 5.14. The fourth-order valence-electron chi connectivity index (χ4n) is 1.91. The van der Waals surface area contributed by atoms with E-state index in [0.29, 0.717) is 5.56 Å². The fraction of sp³-hybridized carbons (Fsp3) is 0.200. The quantitative estimate of drug-likeness (QED) is 0.605. The minimum Gasteiger partial charge on any atom is -0.456 e. The summed E-state index contributed by atoms with van der Waals surface area (Å²) in [6.07, 6.45) is -4.50. The minimum atomic E-state index is -4.50. The maximum absolute atomic E-state index is 12.7. The number of aryl methyl sites for hydroxylation is 1. The minimum absolute atomic E-state index is 0.0399. The lowest BCUT2D eigenvalue weighted by Crippen LogP contribution is -2.05. The van der Waals surface area contributed by atoms with Crippen LogP contribution in [0.15, 0.2) is 30.3 Å². The lowest BCUT2D eigenvalue weighted by Gasteiger charge is -2.14. The average Bonchev–Trinajstić information content (AvgIpc) is 2.49. The van der Waals surface area contributed by atoms with Crippen LogP contribution in [0.5, 0.6) is 11.5 Å². The van der Waals surface area contributed by atoms with Gasteiger partial charge in [0.1, 0.15) is 11.5 Å². The second-order valence-corrected chi connectivity index (χ2v) is 7.17. The van der Waals surface area contributed by atoms with Gasteiger partial charge >= 0.3 is 6.18 Å². The molecular formula is C15H12Cl2F3O3P. The van der Waals surface area contributed by atoms with Crippen molar-refractivity contribution in [3.63, 3.8) is 0 Å². The molecule has 2 aromatic carbocycles. The monoisotopic (exact) mass is 398 g/mol. The van der Waals surface area contributed by atoms with Gasteiger partial charge in [-0.15, -0.1) is 0 Å². The maximum atomic E-state index is 12.7. The molecule has 1 atom stereocenters. The van der Waals surface area contributed by atoms with Crippen LogP contribution >= 0.6 is 31.2 Å². The second kappa shape index (κ2) is 7.36. The molecule has 0 radical (unpaired) electrons. The first-order valence-electron chi connectivity index (χ1n) is 6.56. The zero-order valence-electron chi connectivity index (χ0n) is 12.5. The van der Waals surface area contributed by atoms with Crippen LogP contribution in [0.1, 0.15) is 11.1 Å². The molecule has 0 spiro atoms. The summed E-state index contributed by atoms with van der Waals surface area (Å²) in [6.45, 7) is 1.69. The molecule has 130 valence electrons. The van der Waals surface area contributed by atoms with E-state index in [9.17, 15) is 17.7 Å². The van der Waals surface area contributed by atoms with Crippen molar-refractivity contribution in [1.29, 1.82) is 0 Å². The number of benzene rings is 2. The summed E-state index contributed by atoms with van der Waals surface area (Å²) in [7, 11) is -1.26. The highest BCUT2D eigenvalue weighted by molar-refractivity contribution is 7.48. The Hall–Kier alpha value is -1.20. The third-order valence-electron chi connectivity index (χ3n) is 3.15. The van der Waals surface area contributed by atoms with Crippen LogP contribution in [0, 0.1) is 6.92 Å². The zero-order chi connectivity index (χ0) is 18.1. The Morgan fingerprint density at radius 1 is 1.04 bits per heavy atom. The van der Waals surface area contributed by atoms with Crippen molar-refractivity contribution in [2.45, 2.75) is 13.1 Å². The summed E-state index contributed by atoms with van der Waals surface area (Å²) >= 11 is 11.9. The first kappa shape index (κ1) is 19.1. The van der Waals surface area contributed by atoms with E-state index in [-0.39, 0.29) is 26.8 Å². The van der Waals surface area contributed by atoms with Gasteiger partial charge in [0, 0.05) is 7.11 Å². The van der Waals surface area contributed by atoms with Crippen molar-refractivity contribution < 1.29 is 27.0 Å². The molecule has 0 aliphatic rings. The predicted octanol–water partition coefficient (Wildman–Crippen LogP) is 5.86. The molecule has 0 aliphatic heterocycles. The molecule has 2 rings (SSSR count). The van der Waals surface area contributed by atoms with Gasteiger partial charge in [-0.25, -0.2) is 0 Å². The molecule has 0 bridgehead atoms. The summed E-state index contributed by atoms with van der Waals surface area (Å²) in [5.74, 6) is 0.310. The molecule has 1 unspecified atom stereocenters. The Kier molecular flexibility index (Phi) is 5.87. The molecule has 0 saturated carbocycles. The summed E-state index contributed by atoms with van der Waals surface area (Å²) in [5, 5.41) is 0.317. The molecule has 0 N–H and O–H groups in total. The number of alkyl halides is 3. The van der Waals surface area contributed by atoms with Gasteiger partial charge in [-0.1, -0.05) is 23.2 Å². The van der Waals surface area contributed by atoms with Gasteiger partial charge in [-0.3, -0.25) is 4.57 Å². The van der Waals surface area contributed by atoms with E-state index in [1.165, 1.54) is 19.2 Å². The number of ether oxygens (including phenoxy) is 1. The molecular weight excluding hydrogens is 387 g/mol. The molecule has 0 heterocycles. The lowest BCUT2D eigenvalue weighted by atomic mass is 10.2. The van der Waals surface area contributed by atoms with Crippen LogP contribution in [0.3, 0.4) is 0 Å². The first-order valence-corrected chi connectivity index (χ1v) is 8.63. The molecule has 9 heteroatoms. The Balaban J connectivity index is 2.40. The van der Waals surface area contributed by atoms with Crippen molar-refractivity contribution in [3.05, 3.63) is 51.5 Å². The Morgan fingerprint density at radius 2 is 1.71 bits per heavy atom. The standard InChI is InChI=1S/C15H12Cl2F3O3P/c1-8-5-11(17)14(24(21)22-2)7-13(8)23-12-4-3-9(6-10(12)16)15(18,19)20/h3-7,24H,1-2H3. The van der Waals surface area contributed by atoms with Crippen molar-refractivity contribution in [2.24, 2.45) is 0 Å². The van der Waals surface area contributed by atoms with Gasteiger partial charge < -0.3 is 9.26 Å². The van der Waals surface area contributed by atoms with Crippen LogP contribution in [-0.4, -0.2) is 7.11 Å². The van der Waals surface area contributed by atoms with Crippen LogP contribution in [-0.2, 0) is 15.3 Å². The van der Waals surface area contributed by atoms with Crippen molar-refractivity contribution in [1.82, 2.24) is 0 Å². The number of halogens is 5. The highest BCUT2D eigenvalue weighted by atomic mass is 35.5. The van der Waals surface area contributed by atoms with E-state index in [0.717, 1.165) is 18.2 Å². The van der Waals surface area contributed by atoms with Gasteiger partial charge in [0.2, 0.25) is 8.03 Å². The van der Waals surface area contributed by atoms with Gasteiger partial charge in [-0.2, -0.15) is 13.2 Å². The summed E-state index contributed by atoms with van der Waals surface area (Å²) in [6, 6.07) is 5.73. The molecule has 2 aromatic rings. The SMILES string of the molecule is CO[PH](=O)c1cc(Oc2ccc(C(F)(F)F)cc2Cl)c(C)cc1Cl. The fourth-order valence-corrected chi connectivity index (χ4v) is 3.31.